The quantitative estimate of drug-likeness (QED) is 0.714. The van der Waals surface area contributed by atoms with Crippen LogP contribution >= 0.6 is 15.9 Å². The summed E-state index contributed by atoms with van der Waals surface area (Å²) in [5.74, 6) is 1.06. The van der Waals surface area contributed by atoms with Gasteiger partial charge in [0.15, 0.2) is 0 Å². The van der Waals surface area contributed by atoms with Gasteiger partial charge in [0, 0.05) is 12.6 Å². The summed E-state index contributed by atoms with van der Waals surface area (Å²) in [6.07, 6.45) is 7.80. The predicted octanol–water partition coefficient (Wildman–Crippen LogP) is 3.34. The lowest BCUT2D eigenvalue weighted by molar-refractivity contribution is -0.134. The molecule has 92 valence electrons. The van der Waals surface area contributed by atoms with Gasteiger partial charge in [0.2, 0.25) is 5.91 Å². The number of alkyl halides is 1. The van der Waals surface area contributed by atoms with Crippen molar-refractivity contribution in [3.05, 3.63) is 0 Å². The first-order valence-electron chi connectivity index (χ1n) is 6.50. The van der Waals surface area contributed by atoms with Gasteiger partial charge in [0.05, 0.1) is 4.32 Å². The number of nitrogens with zero attached hydrogens (tertiary/aromatic N) is 1. The number of hydrogen-bond acceptors (Lipinski definition) is 1. The largest absolute Gasteiger partial charge is 0.338 e. The second-order valence-corrected chi connectivity index (χ2v) is 7.71. The molecule has 1 aliphatic carbocycles. The van der Waals surface area contributed by atoms with Crippen molar-refractivity contribution in [2.24, 2.45) is 5.92 Å². The van der Waals surface area contributed by atoms with Crippen LogP contribution in [-0.2, 0) is 4.79 Å². The Morgan fingerprint density at radius 3 is 2.38 bits per heavy atom. The van der Waals surface area contributed by atoms with Gasteiger partial charge in [-0.3, -0.25) is 4.79 Å². The Hall–Kier alpha value is -0.0500. The molecule has 1 saturated heterocycles. The molecule has 2 fully saturated rings. The molecule has 1 heterocycles. The molecular formula is C13H22BrNO. The van der Waals surface area contributed by atoms with Gasteiger partial charge in [-0.2, -0.15) is 0 Å². The summed E-state index contributed by atoms with van der Waals surface area (Å²) in [6, 6.07) is 0.534. The molecule has 1 atom stereocenters. The Morgan fingerprint density at radius 2 is 1.81 bits per heavy atom. The molecule has 1 saturated carbocycles. The summed E-state index contributed by atoms with van der Waals surface area (Å²) in [4.78, 5) is 14.5. The van der Waals surface area contributed by atoms with Crippen molar-refractivity contribution in [2.75, 3.05) is 6.54 Å². The molecular weight excluding hydrogens is 266 g/mol. The Kier molecular flexibility index (Phi) is 3.62. The van der Waals surface area contributed by atoms with Gasteiger partial charge in [-0.05, 0) is 45.4 Å². The second-order valence-electron chi connectivity index (χ2n) is 5.73. The maximum absolute atomic E-state index is 12.3. The molecule has 0 bridgehead atoms. The van der Waals surface area contributed by atoms with Gasteiger partial charge in [-0.25, -0.2) is 0 Å². The second kappa shape index (κ2) is 4.67. The van der Waals surface area contributed by atoms with Gasteiger partial charge in [0.1, 0.15) is 0 Å². The van der Waals surface area contributed by atoms with Gasteiger partial charge in [-0.1, -0.05) is 28.8 Å². The van der Waals surface area contributed by atoms with E-state index in [2.05, 4.69) is 20.8 Å². The van der Waals surface area contributed by atoms with E-state index in [1.165, 1.54) is 38.5 Å². The molecule has 0 aromatic heterocycles. The minimum atomic E-state index is -0.395. The first-order chi connectivity index (χ1) is 7.50. The van der Waals surface area contributed by atoms with Crippen molar-refractivity contribution in [3.8, 4) is 0 Å². The smallest absolute Gasteiger partial charge is 0.239 e. The SMILES string of the molecule is CC(C)(Br)C(=O)N1CCCC1C1CCCC1. The third-order valence-electron chi connectivity index (χ3n) is 4.01. The molecule has 0 spiro atoms. The summed E-state index contributed by atoms with van der Waals surface area (Å²) in [5.41, 5.74) is 0. The molecule has 1 unspecified atom stereocenters. The standard InChI is InChI=1S/C13H22BrNO/c1-13(2,14)12(16)15-9-5-8-11(15)10-6-3-4-7-10/h10-11H,3-9H2,1-2H3. The number of likely N-dealkylation sites (tertiary alicyclic amines) is 1. The molecule has 0 radical (unpaired) electrons. The highest BCUT2D eigenvalue weighted by Crippen LogP contribution is 2.37. The van der Waals surface area contributed by atoms with E-state index in [9.17, 15) is 4.79 Å². The van der Waals surface area contributed by atoms with E-state index in [1.807, 2.05) is 13.8 Å². The molecule has 0 N–H and O–H groups in total. The van der Waals surface area contributed by atoms with Gasteiger partial charge in [0.25, 0.3) is 0 Å². The molecule has 3 heteroatoms. The average molecular weight is 288 g/mol. The van der Waals surface area contributed by atoms with Crippen molar-refractivity contribution >= 4 is 21.8 Å². The Labute approximate surface area is 107 Å². The molecule has 2 rings (SSSR count). The first-order valence-corrected chi connectivity index (χ1v) is 7.29. The zero-order chi connectivity index (χ0) is 11.8. The number of carbonyl (C=O) groups excluding carboxylic acids is 1. The molecule has 1 aliphatic heterocycles. The van der Waals surface area contributed by atoms with Gasteiger partial charge < -0.3 is 4.90 Å². The van der Waals surface area contributed by atoms with Gasteiger partial charge >= 0.3 is 0 Å². The minimum Gasteiger partial charge on any atom is -0.338 e. The monoisotopic (exact) mass is 287 g/mol. The van der Waals surface area contributed by atoms with E-state index in [0.29, 0.717) is 6.04 Å². The molecule has 0 aromatic carbocycles. The molecule has 0 aromatic rings. The van der Waals surface area contributed by atoms with Crippen molar-refractivity contribution in [2.45, 2.75) is 62.7 Å². The molecule has 1 amide bonds. The van der Waals surface area contributed by atoms with Crippen LogP contribution in [0.2, 0.25) is 0 Å². The Balaban J connectivity index is 2.05. The number of halogens is 1. The van der Waals surface area contributed by atoms with Crippen molar-refractivity contribution in [1.29, 1.82) is 0 Å². The van der Waals surface area contributed by atoms with Gasteiger partial charge in [-0.15, -0.1) is 0 Å². The van der Waals surface area contributed by atoms with Crippen molar-refractivity contribution < 1.29 is 4.79 Å². The maximum Gasteiger partial charge on any atom is 0.239 e. The predicted molar refractivity (Wildman–Crippen MR) is 69.7 cm³/mol. The fourth-order valence-electron chi connectivity index (χ4n) is 3.22. The summed E-state index contributed by atoms with van der Waals surface area (Å²) in [7, 11) is 0. The van der Waals surface area contributed by atoms with Crippen LogP contribution in [0.1, 0.15) is 52.4 Å². The van der Waals surface area contributed by atoms with Crippen molar-refractivity contribution in [3.63, 3.8) is 0 Å². The van der Waals surface area contributed by atoms with Crippen molar-refractivity contribution in [1.82, 2.24) is 4.90 Å². The molecule has 2 aliphatic rings. The number of hydrogen-bond donors (Lipinski definition) is 0. The van der Waals surface area contributed by atoms with Crippen LogP contribution in [0, 0.1) is 5.92 Å². The van der Waals surface area contributed by atoms with E-state index in [0.717, 1.165) is 12.5 Å². The fraction of sp³-hybridized carbons (Fsp3) is 0.923. The van der Waals surface area contributed by atoms with Crippen LogP contribution in [0.3, 0.4) is 0 Å². The topological polar surface area (TPSA) is 20.3 Å². The van der Waals surface area contributed by atoms with E-state index in [1.54, 1.807) is 0 Å². The number of amides is 1. The lowest BCUT2D eigenvalue weighted by atomic mass is 9.95. The highest BCUT2D eigenvalue weighted by atomic mass is 79.9. The summed E-state index contributed by atoms with van der Waals surface area (Å²) in [5, 5.41) is 0. The Bertz CT molecular complexity index is 266. The molecule has 16 heavy (non-hydrogen) atoms. The number of carbonyl (C=O) groups is 1. The average Bonchev–Trinajstić information content (AvgIpc) is 2.85. The van der Waals surface area contributed by atoms with E-state index in [-0.39, 0.29) is 5.91 Å². The normalized spacial score (nSPS) is 27.7. The lowest BCUT2D eigenvalue weighted by Gasteiger charge is -2.33. The van der Waals surface area contributed by atoms with Crippen LogP contribution in [0.5, 0.6) is 0 Å². The van der Waals surface area contributed by atoms with Crippen LogP contribution in [-0.4, -0.2) is 27.7 Å². The molecule has 2 nitrogen and oxygen atoms in total. The highest BCUT2D eigenvalue weighted by Gasteiger charge is 2.39. The summed E-state index contributed by atoms with van der Waals surface area (Å²) in [6.45, 7) is 4.88. The maximum atomic E-state index is 12.3. The zero-order valence-electron chi connectivity index (χ0n) is 10.3. The van der Waals surface area contributed by atoms with E-state index in [4.69, 9.17) is 0 Å². The third kappa shape index (κ3) is 2.44. The fourth-order valence-corrected chi connectivity index (χ4v) is 3.45. The van der Waals surface area contributed by atoms with Crippen LogP contribution in [0.15, 0.2) is 0 Å². The first kappa shape index (κ1) is 12.4. The third-order valence-corrected chi connectivity index (χ3v) is 4.35. The summed E-state index contributed by atoms with van der Waals surface area (Å²) >= 11 is 3.50. The van der Waals surface area contributed by atoms with Crippen LogP contribution < -0.4 is 0 Å². The van der Waals surface area contributed by atoms with E-state index < -0.39 is 4.32 Å². The van der Waals surface area contributed by atoms with E-state index >= 15 is 0 Å². The Morgan fingerprint density at radius 1 is 1.19 bits per heavy atom. The number of rotatable bonds is 2. The van der Waals surface area contributed by atoms with Crippen LogP contribution in [0.4, 0.5) is 0 Å². The lowest BCUT2D eigenvalue weighted by Crippen LogP contribution is -2.46. The summed E-state index contributed by atoms with van der Waals surface area (Å²) < 4.78 is -0.395. The highest BCUT2D eigenvalue weighted by molar-refractivity contribution is 9.10. The zero-order valence-corrected chi connectivity index (χ0v) is 11.9. The minimum absolute atomic E-state index is 0.280. The van der Waals surface area contributed by atoms with Crippen LogP contribution in [0.25, 0.3) is 0 Å².